The van der Waals surface area contributed by atoms with Crippen LogP contribution in [0.5, 0.6) is 11.5 Å². The van der Waals surface area contributed by atoms with Crippen LogP contribution in [0.4, 0.5) is 5.13 Å². The molecule has 1 aliphatic heterocycles. The molecule has 1 N–H and O–H groups in total. The molecule has 2 heterocycles. The van der Waals surface area contributed by atoms with E-state index in [-0.39, 0.29) is 11.6 Å². The number of nitrogens with one attached hydrogen (secondary N) is 1. The zero-order chi connectivity index (χ0) is 14.2. The third-order valence-electron chi connectivity index (χ3n) is 2.72. The van der Waals surface area contributed by atoms with Crippen LogP contribution in [0.3, 0.4) is 0 Å². The van der Waals surface area contributed by atoms with Crippen molar-refractivity contribution in [2.75, 3.05) is 11.9 Å². The molecule has 3 rings (SSSR count). The Balaban J connectivity index is 1.75. The van der Waals surface area contributed by atoms with Gasteiger partial charge in [0.15, 0.2) is 23.4 Å². The lowest BCUT2D eigenvalue weighted by molar-refractivity contribution is 0.0860. The number of nitrogens with zero attached hydrogens (tertiary/aromatic N) is 2. The van der Waals surface area contributed by atoms with Gasteiger partial charge in [0.1, 0.15) is 6.61 Å². The molecule has 0 bridgehead atoms. The Labute approximate surface area is 122 Å². The van der Waals surface area contributed by atoms with Gasteiger partial charge >= 0.3 is 0 Å². The number of rotatable bonds is 2. The summed E-state index contributed by atoms with van der Waals surface area (Å²) in [7, 11) is 0. The van der Waals surface area contributed by atoms with Crippen LogP contribution in [0.15, 0.2) is 24.3 Å². The van der Waals surface area contributed by atoms with Gasteiger partial charge in [-0.15, -0.1) is 0 Å². The number of hydrogen-bond donors (Lipinski definition) is 1. The average Bonchev–Trinajstić information content (AvgIpc) is 2.84. The van der Waals surface area contributed by atoms with E-state index in [1.165, 1.54) is 11.5 Å². The Kier molecular flexibility index (Phi) is 3.25. The summed E-state index contributed by atoms with van der Waals surface area (Å²) in [4.78, 5) is 4.48. The maximum absolute atomic E-state index is 5.89. The summed E-state index contributed by atoms with van der Waals surface area (Å²) >= 11 is 1.34. The van der Waals surface area contributed by atoms with Gasteiger partial charge in [-0.05, 0) is 32.9 Å². The quantitative estimate of drug-likeness (QED) is 0.920. The predicted molar refractivity (Wildman–Crippen MR) is 78.6 cm³/mol. The molecule has 1 aliphatic rings. The minimum absolute atomic E-state index is 0.0344. The highest BCUT2D eigenvalue weighted by atomic mass is 32.1. The Morgan fingerprint density at radius 3 is 2.75 bits per heavy atom. The summed E-state index contributed by atoms with van der Waals surface area (Å²) in [6.45, 7) is 6.70. The first-order valence-electron chi connectivity index (χ1n) is 6.51. The molecular formula is C14H17N3O2S. The van der Waals surface area contributed by atoms with E-state index in [0.29, 0.717) is 12.4 Å². The van der Waals surface area contributed by atoms with Crippen molar-refractivity contribution < 1.29 is 9.47 Å². The van der Waals surface area contributed by atoms with Crippen LogP contribution in [0.1, 0.15) is 32.7 Å². The topological polar surface area (TPSA) is 56.3 Å². The molecular weight excluding hydrogens is 274 g/mol. The SMILES string of the molecule is CC(C)(C)Nc1nc(C2COc3ccccc3O2)ns1. The maximum Gasteiger partial charge on any atom is 0.203 e. The van der Waals surface area contributed by atoms with Crippen LogP contribution in [0, 0.1) is 0 Å². The van der Waals surface area contributed by atoms with Crippen molar-refractivity contribution in [3.8, 4) is 11.5 Å². The summed E-state index contributed by atoms with van der Waals surface area (Å²) < 4.78 is 15.9. The van der Waals surface area contributed by atoms with Crippen molar-refractivity contribution in [2.24, 2.45) is 0 Å². The predicted octanol–water partition coefficient (Wildman–Crippen LogP) is 3.26. The maximum atomic E-state index is 5.89. The number of hydrogen-bond acceptors (Lipinski definition) is 6. The van der Waals surface area contributed by atoms with Crippen LogP contribution in [0.2, 0.25) is 0 Å². The third-order valence-corrected chi connectivity index (χ3v) is 3.36. The molecule has 2 aromatic rings. The Morgan fingerprint density at radius 1 is 1.25 bits per heavy atom. The van der Waals surface area contributed by atoms with Crippen molar-refractivity contribution in [3.05, 3.63) is 30.1 Å². The second kappa shape index (κ2) is 4.94. The standard InChI is InChI=1S/C14H17N3O2S/c1-14(2,3)16-13-15-12(17-20-13)11-8-18-9-6-4-5-7-10(9)19-11/h4-7,11H,8H2,1-3H3,(H,15,16,17). The van der Waals surface area contributed by atoms with Crippen molar-refractivity contribution in [1.29, 1.82) is 0 Å². The van der Waals surface area contributed by atoms with E-state index in [0.717, 1.165) is 16.6 Å². The molecule has 5 nitrogen and oxygen atoms in total. The van der Waals surface area contributed by atoms with Crippen LogP contribution in [-0.2, 0) is 0 Å². The highest BCUT2D eigenvalue weighted by Gasteiger charge is 2.26. The molecule has 0 aliphatic carbocycles. The third kappa shape index (κ3) is 2.85. The van der Waals surface area contributed by atoms with Gasteiger partial charge in [-0.2, -0.15) is 9.36 Å². The molecule has 1 aromatic carbocycles. The summed E-state index contributed by atoms with van der Waals surface area (Å²) in [6, 6.07) is 7.63. The number of fused-ring (bicyclic) bond motifs is 1. The summed E-state index contributed by atoms with van der Waals surface area (Å²) in [5.74, 6) is 2.17. The highest BCUT2D eigenvalue weighted by molar-refractivity contribution is 7.09. The largest absolute Gasteiger partial charge is 0.485 e. The fourth-order valence-corrected chi connectivity index (χ4v) is 2.71. The van der Waals surface area contributed by atoms with Gasteiger partial charge in [-0.1, -0.05) is 12.1 Å². The molecule has 0 fully saturated rings. The van der Waals surface area contributed by atoms with E-state index in [9.17, 15) is 0 Å². The van der Waals surface area contributed by atoms with Crippen LogP contribution >= 0.6 is 11.5 Å². The molecule has 1 unspecified atom stereocenters. The van der Waals surface area contributed by atoms with Gasteiger partial charge < -0.3 is 14.8 Å². The van der Waals surface area contributed by atoms with Gasteiger partial charge in [0, 0.05) is 17.1 Å². The lowest BCUT2D eigenvalue weighted by atomic mass is 10.1. The van der Waals surface area contributed by atoms with Crippen LogP contribution in [-0.4, -0.2) is 21.5 Å². The smallest absolute Gasteiger partial charge is 0.203 e. The fourth-order valence-electron chi connectivity index (χ4n) is 1.88. The molecule has 106 valence electrons. The van der Waals surface area contributed by atoms with E-state index in [1.807, 2.05) is 24.3 Å². The van der Waals surface area contributed by atoms with Gasteiger partial charge in [-0.25, -0.2) is 0 Å². The number of anilines is 1. The van der Waals surface area contributed by atoms with Gasteiger partial charge in [0.25, 0.3) is 0 Å². The Hall–Kier alpha value is -1.82. The van der Waals surface area contributed by atoms with Gasteiger partial charge in [-0.3, -0.25) is 0 Å². The van der Waals surface area contributed by atoms with E-state index in [4.69, 9.17) is 9.47 Å². The molecule has 0 saturated heterocycles. The summed E-state index contributed by atoms with van der Waals surface area (Å²) in [5.41, 5.74) is -0.0344. The van der Waals surface area contributed by atoms with E-state index < -0.39 is 0 Å². The fraction of sp³-hybridized carbons (Fsp3) is 0.429. The zero-order valence-electron chi connectivity index (χ0n) is 11.7. The zero-order valence-corrected chi connectivity index (χ0v) is 12.5. The minimum Gasteiger partial charge on any atom is -0.485 e. The first kappa shape index (κ1) is 13.2. The first-order chi connectivity index (χ1) is 9.51. The number of benzene rings is 1. The number of aromatic nitrogens is 2. The van der Waals surface area contributed by atoms with Crippen molar-refractivity contribution in [3.63, 3.8) is 0 Å². The molecule has 6 heteroatoms. The molecule has 0 radical (unpaired) electrons. The van der Waals surface area contributed by atoms with Gasteiger partial charge in [0.05, 0.1) is 0 Å². The molecule has 0 amide bonds. The molecule has 0 spiro atoms. The Bertz CT molecular complexity index is 606. The van der Waals surface area contributed by atoms with Crippen LogP contribution in [0.25, 0.3) is 0 Å². The second-order valence-corrected chi connectivity index (χ2v) is 6.45. The van der Waals surface area contributed by atoms with Crippen molar-refractivity contribution in [1.82, 2.24) is 9.36 Å². The monoisotopic (exact) mass is 291 g/mol. The van der Waals surface area contributed by atoms with E-state index >= 15 is 0 Å². The van der Waals surface area contributed by atoms with Crippen molar-refractivity contribution >= 4 is 16.7 Å². The molecule has 20 heavy (non-hydrogen) atoms. The second-order valence-electron chi connectivity index (χ2n) is 5.70. The summed E-state index contributed by atoms with van der Waals surface area (Å²) in [6.07, 6.45) is -0.253. The normalized spacial score (nSPS) is 17.9. The van der Waals surface area contributed by atoms with E-state index in [1.54, 1.807) is 0 Å². The molecule has 1 aromatic heterocycles. The average molecular weight is 291 g/mol. The number of para-hydroxylation sites is 2. The highest BCUT2D eigenvalue weighted by Crippen LogP contribution is 2.35. The lowest BCUT2D eigenvalue weighted by Crippen LogP contribution is -2.26. The Morgan fingerprint density at radius 2 is 2.00 bits per heavy atom. The summed E-state index contributed by atoms with van der Waals surface area (Å²) in [5, 5.41) is 4.11. The lowest BCUT2D eigenvalue weighted by Gasteiger charge is -2.24. The van der Waals surface area contributed by atoms with E-state index in [2.05, 4.69) is 35.4 Å². The number of ether oxygens (including phenoxy) is 2. The van der Waals surface area contributed by atoms with Gasteiger partial charge in [0.2, 0.25) is 5.13 Å². The minimum atomic E-state index is -0.253. The van der Waals surface area contributed by atoms with Crippen LogP contribution < -0.4 is 14.8 Å². The molecule has 1 atom stereocenters. The van der Waals surface area contributed by atoms with Crippen molar-refractivity contribution in [2.45, 2.75) is 32.4 Å². The molecule has 0 saturated carbocycles. The first-order valence-corrected chi connectivity index (χ1v) is 7.29.